The van der Waals surface area contributed by atoms with Crippen LogP contribution in [0, 0.1) is 6.92 Å². The molecular weight excluding hydrogens is 409 g/mol. The van der Waals surface area contributed by atoms with E-state index in [0.29, 0.717) is 5.69 Å². The number of amides is 1. The molecule has 1 atom stereocenters. The van der Waals surface area contributed by atoms with E-state index < -0.39 is 33.9 Å². The number of hydrogen-bond acceptors (Lipinski definition) is 4. The molecule has 0 aliphatic carbocycles. The molecule has 2 aromatic rings. The smallest absolute Gasteiger partial charge is 0.375 e. The number of alkyl halides is 3. The lowest BCUT2D eigenvalue weighted by Crippen LogP contribution is -2.51. The highest BCUT2D eigenvalue weighted by molar-refractivity contribution is 7.89. The van der Waals surface area contributed by atoms with Crippen LogP contribution in [0.1, 0.15) is 24.5 Å². The van der Waals surface area contributed by atoms with Crippen molar-refractivity contribution in [3.8, 4) is 0 Å². The number of sulfonamides is 1. The van der Waals surface area contributed by atoms with Crippen molar-refractivity contribution in [2.45, 2.75) is 36.9 Å². The maximum absolute atomic E-state index is 13.5. The van der Waals surface area contributed by atoms with Crippen molar-refractivity contribution in [3.05, 3.63) is 59.7 Å². The Morgan fingerprint density at radius 2 is 1.72 bits per heavy atom. The number of benzene rings is 2. The summed E-state index contributed by atoms with van der Waals surface area (Å²) in [5.74, 6) is -0.267. The van der Waals surface area contributed by atoms with Crippen molar-refractivity contribution in [3.63, 3.8) is 0 Å². The topological polar surface area (TPSA) is 95.5 Å². The van der Waals surface area contributed by atoms with Crippen LogP contribution in [-0.4, -0.2) is 32.2 Å². The molecule has 0 aliphatic heterocycles. The molecule has 0 heterocycles. The fourth-order valence-corrected chi connectivity index (χ4v) is 3.92. The lowest BCUT2D eigenvalue weighted by Gasteiger charge is -2.31. The van der Waals surface area contributed by atoms with Crippen LogP contribution in [0.3, 0.4) is 0 Å². The summed E-state index contributed by atoms with van der Waals surface area (Å²) >= 11 is 0. The third kappa shape index (κ3) is 5.14. The molecule has 0 saturated carbocycles. The first-order valence-electron chi connectivity index (χ1n) is 8.65. The summed E-state index contributed by atoms with van der Waals surface area (Å²) in [7, 11) is -4.37. The fraction of sp³-hybridized carbons (Fsp3) is 0.316. The zero-order valence-electron chi connectivity index (χ0n) is 15.7. The van der Waals surface area contributed by atoms with Crippen molar-refractivity contribution < 1.29 is 31.5 Å². The third-order valence-electron chi connectivity index (χ3n) is 4.31. The molecule has 0 unspecified atom stereocenters. The molecule has 0 bridgehead atoms. The fourth-order valence-electron chi connectivity index (χ4n) is 2.64. The Morgan fingerprint density at radius 3 is 2.24 bits per heavy atom. The average molecular weight is 430 g/mol. The van der Waals surface area contributed by atoms with Gasteiger partial charge >= 0.3 is 6.18 Å². The second-order valence-electron chi connectivity index (χ2n) is 6.43. The Balaban J connectivity index is 2.29. The average Bonchev–Trinajstić information content (AvgIpc) is 2.65. The maximum Gasteiger partial charge on any atom is 0.422 e. The molecule has 0 fully saturated rings. The normalized spacial score (nSPS) is 14.3. The SMILES string of the molecule is CCC(=O)Nc1ccc(S(=O)(=O)NC[C@@](O)(c2ccccc2)C(F)(F)F)c(C)c1. The van der Waals surface area contributed by atoms with Crippen LogP contribution in [-0.2, 0) is 20.4 Å². The number of nitrogens with one attached hydrogen (secondary N) is 2. The van der Waals surface area contributed by atoms with Crippen molar-refractivity contribution in [1.82, 2.24) is 4.72 Å². The van der Waals surface area contributed by atoms with Gasteiger partial charge in [0.1, 0.15) is 0 Å². The molecule has 0 aliphatic rings. The van der Waals surface area contributed by atoms with E-state index in [2.05, 4.69) is 5.32 Å². The number of carbonyl (C=O) groups is 1. The van der Waals surface area contributed by atoms with Crippen LogP contribution in [0.4, 0.5) is 18.9 Å². The number of aliphatic hydroxyl groups is 1. The molecule has 6 nitrogen and oxygen atoms in total. The standard InChI is InChI=1S/C19H21F3N2O4S/c1-3-17(25)24-15-9-10-16(13(2)11-15)29(27,28)23-12-18(26,19(20,21)22)14-7-5-4-6-8-14/h4-11,23,26H,3,12H2,1-2H3,(H,24,25)/t18-/m1/s1. The first-order chi connectivity index (χ1) is 13.4. The second-order valence-corrected chi connectivity index (χ2v) is 8.17. The van der Waals surface area contributed by atoms with E-state index in [1.807, 2.05) is 4.72 Å². The molecular formula is C19H21F3N2O4S. The Hall–Kier alpha value is -2.43. The van der Waals surface area contributed by atoms with Gasteiger partial charge in [0.25, 0.3) is 0 Å². The molecule has 2 rings (SSSR count). The van der Waals surface area contributed by atoms with Crippen LogP contribution in [0.25, 0.3) is 0 Å². The van der Waals surface area contributed by atoms with Gasteiger partial charge in [-0.15, -0.1) is 0 Å². The zero-order chi connectivity index (χ0) is 21.9. The van der Waals surface area contributed by atoms with Gasteiger partial charge in [0.15, 0.2) is 5.60 Å². The number of carbonyl (C=O) groups excluding carboxylic acids is 1. The summed E-state index contributed by atoms with van der Waals surface area (Å²) in [6.45, 7) is 1.80. The van der Waals surface area contributed by atoms with E-state index in [4.69, 9.17) is 0 Å². The van der Waals surface area contributed by atoms with Gasteiger partial charge in [0, 0.05) is 12.1 Å². The lowest BCUT2D eigenvalue weighted by molar-refractivity contribution is -0.263. The minimum Gasteiger partial charge on any atom is -0.375 e. The molecule has 158 valence electrons. The molecule has 29 heavy (non-hydrogen) atoms. The van der Waals surface area contributed by atoms with Crippen molar-refractivity contribution in [2.24, 2.45) is 0 Å². The molecule has 1 amide bonds. The summed E-state index contributed by atoms with van der Waals surface area (Å²) in [5, 5.41) is 12.8. The van der Waals surface area contributed by atoms with E-state index in [1.54, 1.807) is 6.92 Å². The van der Waals surface area contributed by atoms with Gasteiger partial charge in [-0.1, -0.05) is 37.3 Å². The van der Waals surface area contributed by atoms with Gasteiger partial charge in [-0.25, -0.2) is 13.1 Å². The number of anilines is 1. The highest BCUT2D eigenvalue weighted by atomic mass is 32.2. The zero-order valence-corrected chi connectivity index (χ0v) is 16.6. The van der Waals surface area contributed by atoms with Crippen LogP contribution >= 0.6 is 0 Å². The van der Waals surface area contributed by atoms with Crippen molar-refractivity contribution in [2.75, 3.05) is 11.9 Å². The Bertz CT molecular complexity index is 979. The lowest BCUT2D eigenvalue weighted by atomic mass is 9.93. The Kier molecular flexibility index (Phi) is 6.71. The van der Waals surface area contributed by atoms with E-state index in [9.17, 15) is 31.5 Å². The van der Waals surface area contributed by atoms with Gasteiger partial charge in [-0.3, -0.25) is 4.79 Å². The molecule has 3 N–H and O–H groups in total. The van der Waals surface area contributed by atoms with E-state index in [-0.39, 0.29) is 22.8 Å². The molecule has 0 aromatic heterocycles. The monoisotopic (exact) mass is 430 g/mol. The minimum atomic E-state index is -5.11. The van der Waals surface area contributed by atoms with Crippen molar-refractivity contribution >= 4 is 21.6 Å². The van der Waals surface area contributed by atoms with E-state index in [1.165, 1.54) is 43.3 Å². The van der Waals surface area contributed by atoms with E-state index in [0.717, 1.165) is 12.1 Å². The van der Waals surface area contributed by atoms with Crippen LogP contribution in [0.2, 0.25) is 0 Å². The molecule has 0 saturated heterocycles. The predicted octanol–water partition coefficient (Wildman–Crippen LogP) is 3.07. The molecule has 0 spiro atoms. The van der Waals surface area contributed by atoms with Crippen molar-refractivity contribution in [1.29, 1.82) is 0 Å². The summed E-state index contributed by atoms with van der Waals surface area (Å²) in [6.07, 6.45) is -4.88. The molecule has 0 radical (unpaired) electrons. The van der Waals surface area contributed by atoms with Gasteiger partial charge < -0.3 is 10.4 Å². The van der Waals surface area contributed by atoms with E-state index >= 15 is 0 Å². The summed E-state index contributed by atoms with van der Waals surface area (Å²) in [5.41, 5.74) is -3.29. The third-order valence-corrected chi connectivity index (χ3v) is 5.87. The highest BCUT2D eigenvalue weighted by Gasteiger charge is 2.55. The number of aryl methyl sites for hydroxylation is 1. The molecule has 10 heteroatoms. The van der Waals surface area contributed by atoms with Gasteiger partial charge in [-0.2, -0.15) is 13.2 Å². The maximum atomic E-state index is 13.5. The largest absolute Gasteiger partial charge is 0.422 e. The Labute approximate surface area is 166 Å². The summed E-state index contributed by atoms with van der Waals surface area (Å²) in [6, 6.07) is 10.2. The number of rotatable bonds is 7. The van der Waals surface area contributed by atoms with Crippen LogP contribution < -0.4 is 10.0 Å². The second kappa shape index (κ2) is 8.52. The number of halogens is 3. The van der Waals surface area contributed by atoms with Gasteiger partial charge in [-0.05, 0) is 36.2 Å². The van der Waals surface area contributed by atoms with Gasteiger partial charge in [0.05, 0.1) is 11.4 Å². The van der Waals surface area contributed by atoms with Crippen LogP contribution in [0.5, 0.6) is 0 Å². The summed E-state index contributed by atoms with van der Waals surface area (Å²) in [4.78, 5) is 11.2. The predicted molar refractivity (Wildman–Crippen MR) is 102 cm³/mol. The number of hydrogen-bond donors (Lipinski definition) is 3. The van der Waals surface area contributed by atoms with Gasteiger partial charge in [0.2, 0.25) is 15.9 Å². The van der Waals surface area contributed by atoms with Crippen LogP contribution in [0.15, 0.2) is 53.4 Å². The highest BCUT2D eigenvalue weighted by Crippen LogP contribution is 2.38. The summed E-state index contributed by atoms with van der Waals surface area (Å²) < 4.78 is 67.6. The first-order valence-corrected chi connectivity index (χ1v) is 10.1. The molecule has 2 aromatic carbocycles. The minimum absolute atomic E-state index is 0.224. The quantitative estimate of drug-likeness (QED) is 0.629. The Morgan fingerprint density at radius 1 is 1.10 bits per heavy atom. The first kappa shape index (κ1) is 22.9.